The van der Waals surface area contributed by atoms with Crippen molar-refractivity contribution in [1.29, 1.82) is 0 Å². The molecule has 0 heterocycles. The highest BCUT2D eigenvalue weighted by Crippen LogP contribution is 2.16. The quantitative estimate of drug-likeness (QED) is 0.823. The second-order valence-electron chi connectivity index (χ2n) is 4.73. The zero-order valence-electron chi connectivity index (χ0n) is 11.9. The third-order valence-electron chi connectivity index (χ3n) is 2.39. The van der Waals surface area contributed by atoms with Crippen LogP contribution in [-0.2, 0) is 10.1 Å². The van der Waals surface area contributed by atoms with Gasteiger partial charge in [0.1, 0.15) is 0 Å². The molecule has 0 bridgehead atoms. The topological polar surface area (TPSA) is 77.8 Å². The van der Waals surface area contributed by atoms with Crippen LogP contribution in [0.15, 0.2) is 29.2 Å². The Labute approximate surface area is 115 Å². The fraction of sp³-hybridized carbons (Fsp3) is 0.538. The normalized spacial score (nSPS) is 11.4. The molecule has 0 atom stereocenters. The minimum Gasteiger partial charge on any atom is -0.395 e. The number of nitrogens with zero attached hydrogens (tertiary/aromatic N) is 1. The molecule has 5 nitrogen and oxygen atoms in total. The van der Waals surface area contributed by atoms with Gasteiger partial charge in [0.2, 0.25) is 0 Å². The van der Waals surface area contributed by atoms with Gasteiger partial charge in [0.15, 0.2) is 0 Å². The predicted octanol–water partition coefficient (Wildman–Crippen LogP) is 1.60. The molecule has 6 heteroatoms. The first-order valence-electron chi connectivity index (χ1n) is 6.01. The largest absolute Gasteiger partial charge is 0.395 e. The summed E-state index contributed by atoms with van der Waals surface area (Å²) in [6.45, 7) is 5.05. The van der Waals surface area contributed by atoms with Crippen molar-refractivity contribution in [2.24, 2.45) is 0 Å². The molecule has 0 aromatic heterocycles. The molecule has 0 amide bonds. The monoisotopic (exact) mass is 289 g/mol. The first-order valence-corrected chi connectivity index (χ1v) is 7.45. The van der Waals surface area contributed by atoms with Gasteiger partial charge in [-0.15, -0.1) is 0 Å². The molecular weight excluding hydrogens is 266 g/mol. The lowest BCUT2D eigenvalue weighted by Crippen LogP contribution is -2.15. The summed E-state index contributed by atoms with van der Waals surface area (Å²) < 4.78 is 30.0. The van der Waals surface area contributed by atoms with E-state index in [0.717, 1.165) is 12.1 Å². The second-order valence-corrected chi connectivity index (χ2v) is 6.15. The lowest BCUT2D eigenvalue weighted by atomic mass is 10.0. The smallest absolute Gasteiger partial charge is 0.294 e. The number of benzene rings is 1. The fourth-order valence-electron chi connectivity index (χ4n) is 1.22. The van der Waals surface area contributed by atoms with Gasteiger partial charge in [-0.05, 0) is 37.7 Å². The molecule has 0 radical (unpaired) electrons. The van der Waals surface area contributed by atoms with Crippen LogP contribution in [0.25, 0.3) is 0 Å². The molecule has 0 aliphatic rings. The average molecular weight is 289 g/mol. The van der Waals surface area contributed by atoms with E-state index in [9.17, 15) is 8.42 Å². The van der Waals surface area contributed by atoms with Gasteiger partial charge >= 0.3 is 0 Å². The Hall–Kier alpha value is -0.950. The van der Waals surface area contributed by atoms with Crippen LogP contribution in [-0.4, -0.2) is 50.2 Å². The van der Waals surface area contributed by atoms with Gasteiger partial charge in [-0.2, -0.15) is 8.42 Å². The van der Waals surface area contributed by atoms with E-state index >= 15 is 0 Å². The maximum Gasteiger partial charge on any atom is 0.294 e. The Balaban J connectivity index is 0.000000459. The van der Waals surface area contributed by atoms with Crippen molar-refractivity contribution < 1.29 is 18.1 Å². The maximum atomic E-state index is 10.7. The van der Waals surface area contributed by atoms with Crippen molar-refractivity contribution in [3.8, 4) is 0 Å². The van der Waals surface area contributed by atoms with E-state index in [2.05, 4.69) is 0 Å². The van der Waals surface area contributed by atoms with E-state index in [-0.39, 0.29) is 11.5 Å². The maximum absolute atomic E-state index is 10.7. The lowest BCUT2D eigenvalue weighted by Gasteiger charge is -2.04. The number of rotatable bonds is 4. The van der Waals surface area contributed by atoms with Gasteiger partial charge < -0.3 is 10.0 Å². The Morgan fingerprint density at radius 3 is 1.84 bits per heavy atom. The van der Waals surface area contributed by atoms with Crippen LogP contribution in [0.4, 0.5) is 0 Å². The molecule has 0 spiro atoms. The highest BCUT2D eigenvalue weighted by atomic mass is 32.2. The molecule has 0 fully saturated rings. The van der Waals surface area contributed by atoms with Crippen LogP contribution in [0.3, 0.4) is 0 Å². The first kappa shape index (κ1) is 18.0. The molecule has 0 saturated heterocycles. The zero-order chi connectivity index (χ0) is 15.1. The molecule has 1 aromatic rings. The van der Waals surface area contributed by atoms with Gasteiger partial charge in [-0.1, -0.05) is 26.0 Å². The van der Waals surface area contributed by atoms with Gasteiger partial charge in [-0.3, -0.25) is 4.55 Å². The highest BCUT2D eigenvalue weighted by molar-refractivity contribution is 7.85. The lowest BCUT2D eigenvalue weighted by molar-refractivity contribution is 0.243. The first-order chi connectivity index (χ1) is 8.68. The SMILES string of the molecule is CC(C)c1ccc(S(=O)(=O)O)cc1.CN(C)CCO. The molecule has 0 unspecified atom stereocenters. The van der Waals surface area contributed by atoms with E-state index in [4.69, 9.17) is 9.66 Å². The Bertz CT molecular complexity index is 452. The number of likely N-dealkylation sites (N-methyl/N-ethyl adjacent to an activating group) is 1. The molecular formula is C13H23NO4S. The van der Waals surface area contributed by atoms with Gasteiger partial charge in [0.05, 0.1) is 11.5 Å². The summed E-state index contributed by atoms with van der Waals surface area (Å²) in [6, 6.07) is 6.22. The summed E-state index contributed by atoms with van der Waals surface area (Å²) >= 11 is 0. The molecule has 2 N–H and O–H groups in total. The van der Waals surface area contributed by atoms with Gasteiger partial charge in [0, 0.05) is 6.54 Å². The highest BCUT2D eigenvalue weighted by Gasteiger charge is 2.08. The number of hydrogen-bond donors (Lipinski definition) is 2. The summed E-state index contributed by atoms with van der Waals surface area (Å²) in [5, 5.41) is 8.20. The van der Waals surface area contributed by atoms with E-state index in [1.807, 2.05) is 32.8 Å². The fourth-order valence-corrected chi connectivity index (χ4v) is 1.70. The van der Waals surface area contributed by atoms with Crippen LogP contribution in [0.5, 0.6) is 0 Å². The van der Waals surface area contributed by atoms with Crippen molar-refractivity contribution in [2.45, 2.75) is 24.7 Å². The molecule has 1 rings (SSSR count). The number of aliphatic hydroxyl groups is 1. The summed E-state index contributed by atoms with van der Waals surface area (Å²) in [5.41, 5.74) is 1.05. The van der Waals surface area contributed by atoms with Crippen molar-refractivity contribution in [1.82, 2.24) is 4.90 Å². The van der Waals surface area contributed by atoms with Gasteiger partial charge in [0.25, 0.3) is 10.1 Å². The number of aliphatic hydroxyl groups excluding tert-OH is 1. The van der Waals surface area contributed by atoms with E-state index < -0.39 is 10.1 Å². The average Bonchev–Trinajstić information content (AvgIpc) is 2.28. The molecule has 110 valence electrons. The van der Waals surface area contributed by atoms with Crippen molar-refractivity contribution >= 4 is 10.1 Å². The van der Waals surface area contributed by atoms with Crippen LogP contribution >= 0.6 is 0 Å². The summed E-state index contributed by atoms with van der Waals surface area (Å²) in [5.74, 6) is 0.357. The third-order valence-corrected chi connectivity index (χ3v) is 3.26. The summed E-state index contributed by atoms with van der Waals surface area (Å²) in [4.78, 5) is 1.87. The summed E-state index contributed by atoms with van der Waals surface area (Å²) in [7, 11) is -0.192. The second kappa shape index (κ2) is 8.27. The third kappa shape index (κ3) is 7.94. The van der Waals surface area contributed by atoms with Crippen LogP contribution < -0.4 is 0 Å². The molecule has 0 aliphatic heterocycles. The molecule has 0 saturated carbocycles. The van der Waals surface area contributed by atoms with E-state index in [1.165, 1.54) is 12.1 Å². The van der Waals surface area contributed by atoms with Gasteiger partial charge in [-0.25, -0.2) is 0 Å². The predicted molar refractivity (Wildman–Crippen MR) is 76.0 cm³/mol. The van der Waals surface area contributed by atoms with Crippen LogP contribution in [0.1, 0.15) is 25.3 Å². The van der Waals surface area contributed by atoms with E-state index in [1.54, 1.807) is 12.1 Å². The van der Waals surface area contributed by atoms with Crippen molar-refractivity contribution in [3.05, 3.63) is 29.8 Å². The van der Waals surface area contributed by atoms with Crippen LogP contribution in [0, 0.1) is 0 Å². The van der Waals surface area contributed by atoms with Crippen molar-refractivity contribution in [3.63, 3.8) is 0 Å². The van der Waals surface area contributed by atoms with Crippen LogP contribution in [0.2, 0.25) is 0 Å². The zero-order valence-corrected chi connectivity index (χ0v) is 12.7. The van der Waals surface area contributed by atoms with E-state index in [0.29, 0.717) is 5.92 Å². The Morgan fingerprint density at radius 2 is 1.63 bits per heavy atom. The standard InChI is InChI=1S/C9H12O3S.C4H11NO/c1-7(2)8-3-5-9(6-4-8)13(10,11)12;1-5(2)3-4-6/h3-7H,1-2H3,(H,10,11,12);6H,3-4H2,1-2H3. The minimum absolute atomic E-state index is 0.0584. The Morgan fingerprint density at radius 1 is 1.16 bits per heavy atom. The van der Waals surface area contributed by atoms with Crippen molar-refractivity contribution in [2.75, 3.05) is 27.2 Å². The Kier molecular flexibility index (Phi) is 7.85. The molecule has 19 heavy (non-hydrogen) atoms. The summed E-state index contributed by atoms with van der Waals surface area (Å²) in [6.07, 6.45) is 0. The molecule has 1 aromatic carbocycles. The minimum atomic E-state index is -4.05. The molecule has 0 aliphatic carbocycles. The number of hydrogen-bond acceptors (Lipinski definition) is 4.